The Kier molecular flexibility index (Phi) is 5.80. The number of rotatable bonds is 6. The third-order valence-electron chi connectivity index (χ3n) is 2.68. The van der Waals surface area contributed by atoms with Crippen LogP contribution in [0.1, 0.15) is 25.8 Å². The molecule has 0 fully saturated rings. The maximum absolute atomic E-state index is 12.1. The van der Waals surface area contributed by atoms with E-state index in [1.807, 2.05) is 13.8 Å². The zero-order valence-electron chi connectivity index (χ0n) is 11.4. The Bertz CT molecular complexity index is 529. The molecule has 1 aromatic rings. The summed E-state index contributed by atoms with van der Waals surface area (Å²) in [5, 5.41) is 10.2. The van der Waals surface area contributed by atoms with E-state index in [0.29, 0.717) is 22.9 Å². The van der Waals surface area contributed by atoms with Crippen molar-refractivity contribution >= 4 is 21.6 Å². The van der Waals surface area contributed by atoms with Crippen LogP contribution in [0.5, 0.6) is 0 Å². The number of hydrogen-bond donors (Lipinski definition) is 2. The van der Waals surface area contributed by atoms with Crippen LogP contribution in [0.3, 0.4) is 0 Å². The predicted molar refractivity (Wildman–Crippen MR) is 76.8 cm³/mol. The van der Waals surface area contributed by atoms with Crippen molar-refractivity contribution in [3.8, 4) is 0 Å². The number of aliphatic hydroxyl groups is 1. The molecule has 6 heteroatoms. The molecule has 1 aromatic carbocycles. The third-order valence-corrected chi connectivity index (χ3v) is 4.50. The van der Waals surface area contributed by atoms with Crippen molar-refractivity contribution < 1.29 is 13.5 Å². The summed E-state index contributed by atoms with van der Waals surface area (Å²) in [6.45, 7) is 5.65. The van der Waals surface area contributed by atoms with Gasteiger partial charge in [-0.1, -0.05) is 25.4 Å². The minimum absolute atomic E-state index is 0.0164. The van der Waals surface area contributed by atoms with Gasteiger partial charge in [-0.05, 0) is 43.0 Å². The molecule has 0 heterocycles. The highest BCUT2D eigenvalue weighted by atomic mass is 35.5. The van der Waals surface area contributed by atoms with Crippen molar-refractivity contribution in [1.29, 1.82) is 0 Å². The molecule has 1 atom stereocenters. The van der Waals surface area contributed by atoms with Gasteiger partial charge in [-0.2, -0.15) is 0 Å². The molecule has 0 saturated carbocycles. The number of hydrogen-bond acceptors (Lipinski definition) is 3. The summed E-state index contributed by atoms with van der Waals surface area (Å²) in [5.74, 6) is 0.316. The van der Waals surface area contributed by atoms with Crippen molar-refractivity contribution in [3.63, 3.8) is 0 Å². The van der Waals surface area contributed by atoms with Gasteiger partial charge in [0, 0.05) is 11.6 Å². The van der Waals surface area contributed by atoms with E-state index in [9.17, 15) is 13.5 Å². The van der Waals surface area contributed by atoms with Crippen LogP contribution in [0, 0.1) is 12.8 Å². The topological polar surface area (TPSA) is 66.4 Å². The maximum atomic E-state index is 12.1. The number of nitrogens with one attached hydrogen (secondary N) is 1. The molecule has 0 spiro atoms. The van der Waals surface area contributed by atoms with Crippen LogP contribution in [-0.4, -0.2) is 26.2 Å². The first-order valence-electron chi connectivity index (χ1n) is 6.16. The average molecular weight is 306 g/mol. The molecule has 0 saturated heterocycles. The SMILES string of the molecule is Cc1cc(Cl)ccc1S(=O)(=O)NCC(O)CC(C)C. The number of halogens is 1. The number of sulfonamides is 1. The van der Waals surface area contributed by atoms with Gasteiger partial charge < -0.3 is 5.11 Å². The fourth-order valence-corrected chi connectivity index (χ4v) is 3.35. The summed E-state index contributed by atoms with van der Waals surface area (Å²) < 4.78 is 26.6. The molecule has 0 aliphatic carbocycles. The minimum atomic E-state index is -3.61. The van der Waals surface area contributed by atoms with Gasteiger partial charge in [-0.25, -0.2) is 13.1 Å². The van der Waals surface area contributed by atoms with E-state index in [-0.39, 0.29) is 11.4 Å². The van der Waals surface area contributed by atoms with E-state index < -0.39 is 16.1 Å². The van der Waals surface area contributed by atoms with E-state index in [2.05, 4.69) is 4.72 Å². The monoisotopic (exact) mass is 305 g/mol. The zero-order chi connectivity index (χ0) is 14.6. The molecule has 2 N–H and O–H groups in total. The second-order valence-corrected chi connectivity index (χ2v) is 7.22. The highest BCUT2D eigenvalue weighted by molar-refractivity contribution is 7.89. The van der Waals surface area contributed by atoms with Gasteiger partial charge in [0.15, 0.2) is 0 Å². The van der Waals surface area contributed by atoms with Crippen molar-refractivity contribution in [2.24, 2.45) is 5.92 Å². The number of benzene rings is 1. The lowest BCUT2D eigenvalue weighted by Crippen LogP contribution is -2.33. The van der Waals surface area contributed by atoms with E-state index >= 15 is 0 Å². The van der Waals surface area contributed by atoms with Crippen LogP contribution in [-0.2, 0) is 10.0 Å². The van der Waals surface area contributed by atoms with Crippen molar-refractivity contribution in [3.05, 3.63) is 28.8 Å². The summed E-state index contributed by atoms with van der Waals surface area (Å²) in [7, 11) is -3.61. The Hall–Kier alpha value is -0.620. The molecule has 0 radical (unpaired) electrons. The first-order valence-corrected chi connectivity index (χ1v) is 8.02. The molecular weight excluding hydrogens is 286 g/mol. The normalized spacial score (nSPS) is 13.8. The van der Waals surface area contributed by atoms with Gasteiger partial charge in [0.1, 0.15) is 0 Å². The molecule has 0 bridgehead atoms. The summed E-state index contributed by atoms with van der Waals surface area (Å²) in [6.07, 6.45) is -0.121. The standard InChI is InChI=1S/C13H20ClNO3S/c1-9(2)6-12(16)8-15-19(17,18)13-5-4-11(14)7-10(13)3/h4-5,7,9,12,15-16H,6,8H2,1-3H3. The highest BCUT2D eigenvalue weighted by Crippen LogP contribution is 2.19. The van der Waals surface area contributed by atoms with Crippen LogP contribution in [0.25, 0.3) is 0 Å². The largest absolute Gasteiger partial charge is 0.392 e. The van der Waals surface area contributed by atoms with Gasteiger partial charge in [0.2, 0.25) is 10.0 Å². The summed E-state index contributed by atoms with van der Waals surface area (Å²) >= 11 is 5.80. The van der Waals surface area contributed by atoms with Crippen molar-refractivity contribution in [2.45, 2.75) is 38.2 Å². The van der Waals surface area contributed by atoms with Gasteiger partial charge in [0.05, 0.1) is 11.0 Å². The van der Waals surface area contributed by atoms with Crippen LogP contribution in [0.2, 0.25) is 5.02 Å². The molecule has 1 rings (SSSR count). The van der Waals surface area contributed by atoms with E-state index in [1.54, 1.807) is 13.0 Å². The summed E-state index contributed by atoms with van der Waals surface area (Å²) in [5.41, 5.74) is 0.582. The van der Waals surface area contributed by atoms with Crippen molar-refractivity contribution in [2.75, 3.05) is 6.54 Å². The van der Waals surface area contributed by atoms with Gasteiger partial charge in [0.25, 0.3) is 0 Å². The molecule has 0 amide bonds. The lowest BCUT2D eigenvalue weighted by atomic mass is 10.1. The number of aliphatic hydroxyl groups excluding tert-OH is 1. The maximum Gasteiger partial charge on any atom is 0.240 e. The lowest BCUT2D eigenvalue weighted by molar-refractivity contribution is 0.152. The van der Waals surface area contributed by atoms with Crippen LogP contribution >= 0.6 is 11.6 Å². The molecule has 108 valence electrons. The summed E-state index contributed by atoms with van der Waals surface area (Å²) in [4.78, 5) is 0.189. The second kappa shape index (κ2) is 6.70. The Morgan fingerprint density at radius 3 is 2.53 bits per heavy atom. The van der Waals surface area contributed by atoms with Gasteiger partial charge in [-0.15, -0.1) is 0 Å². The smallest absolute Gasteiger partial charge is 0.240 e. The molecule has 1 unspecified atom stereocenters. The second-order valence-electron chi connectivity index (χ2n) is 5.05. The summed E-state index contributed by atoms with van der Waals surface area (Å²) in [6, 6.07) is 4.60. The van der Waals surface area contributed by atoms with Crippen LogP contribution < -0.4 is 4.72 Å². The highest BCUT2D eigenvalue weighted by Gasteiger charge is 2.18. The third kappa shape index (κ3) is 5.10. The lowest BCUT2D eigenvalue weighted by Gasteiger charge is -2.15. The molecule has 0 aliphatic heterocycles. The zero-order valence-corrected chi connectivity index (χ0v) is 12.9. The average Bonchev–Trinajstić information content (AvgIpc) is 2.25. The number of aryl methyl sites for hydroxylation is 1. The molecule has 4 nitrogen and oxygen atoms in total. The fourth-order valence-electron chi connectivity index (χ4n) is 1.83. The first kappa shape index (κ1) is 16.4. The van der Waals surface area contributed by atoms with Gasteiger partial charge >= 0.3 is 0 Å². The quantitative estimate of drug-likeness (QED) is 0.847. The Morgan fingerprint density at radius 2 is 2.00 bits per heavy atom. The van der Waals surface area contributed by atoms with Crippen LogP contribution in [0.15, 0.2) is 23.1 Å². The van der Waals surface area contributed by atoms with E-state index in [0.717, 1.165) is 0 Å². The van der Waals surface area contributed by atoms with Crippen molar-refractivity contribution in [1.82, 2.24) is 4.72 Å². The van der Waals surface area contributed by atoms with Crippen LogP contribution in [0.4, 0.5) is 0 Å². The first-order chi connectivity index (χ1) is 8.72. The van der Waals surface area contributed by atoms with E-state index in [4.69, 9.17) is 11.6 Å². The van der Waals surface area contributed by atoms with Gasteiger partial charge in [-0.3, -0.25) is 0 Å². The molecule has 0 aromatic heterocycles. The Balaban J connectivity index is 2.76. The Labute approximate surface area is 119 Å². The molecule has 0 aliphatic rings. The predicted octanol–water partition coefficient (Wildman–Crippen LogP) is 2.33. The fraction of sp³-hybridized carbons (Fsp3) is 0.538. The Morgan fingerprint density at radius 1 is 1.37 bits per heavy atom. The molecular formula is C13H20ClNO3S. The molecule has 19 heavy (non-hydrogen) atoms. The van der Waals surface area contributed by atoms with E-state index in [1.165, 1.54) is 12.1 Å². The minimum Gasteiger partial charge on any atom is -0.392 e.